The molecule has 0 aliphatic rings. The lowest BCUT2D eigenvalue weighted by atomic mass is 10.1. The second kappa shape index (κ2) is 10.9. The SMILES string of the molecule is CN=C(NCc1ccc(Cl)cc1)NCc1cccc(C(=O)NC)c1.I. The third-order valence-corrected chi connectivity index (χ3v) is 3.72. The second-order valence-electron chi connectivity index (χ2n) is 5.19. The first-order valence-corrected chi connectivity index (χ1v) is 8.00. The molecule has 0 heterocycles. The summed E-state index contributed by atoms with van der Waals surface area (Å²) in [7, 11) is 3.34. The fourth-order valence-corrected chi connectivity index (χ4v) is 2.29. The summed E-state index contributed by atoms with van der Waals surface area (Å²) in [5.74, 6) is 0.595. The molecule has 0 aromatic heterocycles. The zero-order chi connectivity index (χ0) is 17.4. The van der Waals surface area contributed by atoms with Crippen LogP contribution in [0.1, 0.15) is 21.5 Å². The van der Waals surface area contributed by atoms with Crippen LogP contribution in [0.5, 0.6) is 0 Å². The van der Waals surface area contributed by atoms with Gasteiger partial charge in [0.1, 0.15) is 0 Å². The van der Waals surface area contributed by atoms with Crippen molar-refractivity contribution in [3.63, 3.8) is 0 Å². The van der Waals surface area contributed by atoms with E-state index in [2.05, 4.69) is 20.9 Å². The van der Waals surface area contributed by atoms with E-state index in [0.717, 1.165) is 16.1 Å². The lowest BCUT2D eigenvalue weighted by Crippen LogP contribution is -2.36. The fourth-order valence-electron chi connectivity index (χ4n) is 2.16. The molecular formula is C18H22ClIN4O. The molecule has 0 atom stereocenters. The van der Waals surface area contributed by atoms with Crippen LogP contribution in [0.15, 0.2) is 53.5 Å². The van der Waals surface area contributed by atoms with Crippen LogP contribution >= 0.6 is 35.6 Å². The molecule has 2 aromatic carbocycles. The lowest BCUT2D eigenvalue weighted by Gasteiger charge is -2.12. The van der Waals surface area contributed by atoms with Gasteiger partial charge in [0.2, 0.25) is 0 Å². The number of nitrogens with zero attached hydrogens (tertiary/aromatic N) is 1. The Bertz CT molecular complexity index is 719. The summed E-state index contributed by atoms with van der Waals surface area (Å²) in [6.45, 7) is 1.22. The van der Waals surface area contributed by atoms with Crippen LogP contribution in [0.2, 0.25) is 5.02 Å². The fraction of sp³-hybridized carbons (Fsp3) is 0.222. The molecule has 0 radical (unpaired) electrons. The zero-order valence-electron chi connectivity index (χ0n) is 14.2. The molecule has 0 fully saturated rings. The Balaban J connectivity index is 0.00000312. The molecule has 0 bridgehead atoms. The average Bonchev–Trinajstić information content (AvgIpc) is 2.63. The zero-order valence-corrected chi connectivity index (χ0v) is 17.3. The van der Waals surface area contributed by atoms with E-state index in [1.807, 2.05) is 42.5 Å². The summed E-state index contributed by atoms with van der Waals surface area (Å²) >= 11 is 5.88. The van der Waals surface area contributed by atoms with Crippen LogP contribution in [0.4, 0.5) is 0 Å². The number of carbonyl (C=O) groups is 1. The number of amides is 1. The summed E-state index contributed by atoms with van der Waals surface area (Å²) in [6.07, 6.45) is 0. The molecule has 1 amide bonds. The van der Waals surface area contributed by atoms with Crippen molar-refractivity contribution in [2.24, 2.45) is 4.99 Å². The molecule has 134 valence electrons. The highest BCUT2D eigenvalue weighted by molar-refractivity contribution is 14.0. The van der Waals surface area contributed by atoms with Gasteiger partial charge in [0.05, 0.1) is 0 Å². The smallest absolute Gasteiger partial charge is 0.251 e. The number of carbonyl (C=O) groups excluding carboxylic acids is 1. The molecule has 0 aliphatic heterocycles. The largest absolute Gasteiger partial charge is 0.355 e. The highest BCUT2D eigenvalue weighted by Gasteiger charge is 2.04. The van der Waals surface area contributed by atoms with E-state index >= 15 is 0 Å². The van der Waals surface area contributed by atoms with E-state index in [1.165, 1.54) is 0 Å². The molecule has 0 spiro atoms. The first-order chi connectivity index (χ1) is 11.6. The van der Waals surface area contributed by atoms with Crippen molar-refractivity contribution in [1.82, 2.24) is 16.0 Å². The minimum absolute atomic E-state index is 0. The van der Waals surface area contributed by atoms with Crippen LogP contribution in [0.3, 0.4) is 0 Å². The Morgan fingerprint density at radius 1 is 1.04 bits per heavy atom. The number of hydrogen-bond acceptors (Lipinski definition) is 2. The summed E-state index contributed by atoms with van der Waals surface area (Å²) in [4.78, 5) is 15.9. The third-order valence-electron chi connectivity index (χ3n) is 3.47. The van der Waals surface area contributed by atoms with Gasteiger partial charge in [-0.25, -0.2) is 0 Å². The van der Waals surface area contributed by atoms with Gasteiger partial charge < -0.3 is 16.0 Å². The number of guanidine groups is 1. The number of halogens is 2. The summed E-state index contributed by atoms with van der Waals surface area (Å²) in [5, 5.41) is 9.81. The number of nitrogens with one attached hydrogen (secondary N) is 3. The molecule has 0 unspecified atom stereocenters. The molecule has 0 saturated heterocycles. The molecule has 0 aliphatic carbocycles. The maximum absolute atomic E-state index is 11.7. The number of rotatable bonds is 5. The lowest BCUT2D eigenvalue weighted by molar-refractivity contribution is 0.0963. The standard InChI is InChI=1S/C18H21ClN4O.HI/c1-20-17(24)15-5-3-4-14(10-15)12-23-18(21-2)22-11-13-6-8-16(19)9-7-13;/h3-10H,11-12H2,1-2H3,(H,20,24)(H2,21,22,23);1H. The average molecular weight is 473 g/mol. The monoisotopic (exact) mass is 472 g/mol. The van der Waals surface area contributed by atoms with Crippen LogP contribution < -0.4 is 16.0 Å². The van der Waals surface area contributed by atoms with Crippen LogP contribution in [0.25, 0.3) is 0 Å². The van der Waals surface area contributed by atoms with E-state index in [4.69, 9.17) is 11.6 Å². The van der Waals surface area contributed by atoms with Gasteiger partial charge in [0.15, 0.2) is 5.96 Å². The van der Waals surface area contributed by atoms with Gasteiger partial charge >= 0.3 is 0 Å². The molecule has 25 heavy (non-hydrogen) atoms. The molecule has 0 saturated carbocycles. The van der Waals surface area contributed by atoms with Crippen LogP contribution in [-0.4, -0.2) is 26.0 Å². The molecule has 7 heteroatoms. The van der Waals surface area contributed by atoms with Gasteiger partial charge in [0.25, 0.3) is 5.91 Å². The predicted molar refractivity (Wildman–Crippen MR) is 114 cm³/mol. The topological polar surface area (TPSA) is 65.5 Å². The first kappa shape index (κ1) is 21.2. The third kappa shape index (κ3) is 6.91. The summed E-state index contributed by atoms with van der Waals surface area (Å²) < 4.78 is 0. The molecular weight excluding hydrogens is 451 g/mol. The van der Waals surface area contributed by atoms with Crippen molar-refractivity contribution < 1.29 is 4.79 Å². The van der Waals surface area contributed by atoms with E-state index in [-0.39, 0.29) is 29.9 Å². The van der Waals surface area contributed by atoms with Crippen molar-refractivity contribution in [2.75, 3.05) is 14.1 Å². The molecule has 2 aromatic rings. The van der Waals surface area contributed by atoms with Crippen molar-refractivity contribution in [3.05, 3.63) is 70.2 Å². The highest BCUT2D eigenvalue weighted by atomic mass is 127. The maximum atomic E-state index is 11.7. The Kier molecular flexibility index (Phi) is 9.30. The minimum atomic E-state index is -0.0953. The van der Waals surface area contributed by atoms with Crippen molar-refractivity contribution in [2.45, 2.75) is 13.1 Å². The van der Waals surface area contributed by atoms with Crippen molar-refractivity contribution >= 4 is 47.4 Å². The minimum Gasteiger partial charge on any atom is -0.355 e. The van der Waals surface area contributed by atoms with E-state index < -0.39 is 0 Å². The van der Waals surface area contributed by atoms with Gasteiger partial charge in [0, 0.05) is 37.8 Å². The predicted octanol–water partition coefficient (Wildman–Crippen LogP) is 3.18. The molecule has 3 N–H and O–H groups in total. The van der Waals surface area contributed by atoms with Crippen LogP contribution in [0, 0.1) is 0 Å². The van der Waals surface area contributed by atoms with Gasteiger partial charge in [-0.15, -0.1) is 24.0 Å². The normalized spacial score (nSPS) is 10.6. The van der Waals surface area contributed by atoms with Crippen molar-refractivity contribution in [1.29, 1.82) is 0 Å². The van der Waals surface area contributed by atoms with E-state index in [1.54, 1.807) is 20.2 Å². The van der Waals surface area contributed by atoms with Crippen molar-refractivity contribution in [3.8, 4) is 0 Å². The van der Waals surface area contributed by atoms with Gasteiger partial charge in [-0.2, -0.15) is 0 Å². The highest BCUT2D eigenvalue weighted by Crippen LogP contribution is 2.09. The summed E-state index contributed by atoms with van der Waals surface area (Å²) in [6, 6.07) is 15.1. The second-order valence-corrected chi connectivity index (χ2v) is 5.62. The number of aliphatic imine (C=N–C) groups is 1. The summed E-state index contributed by atoms with van der Waals surface area (Å²) in [5.41, 5.74) is 2.76. The first-order valence-electron chi connectivity index (χ1n) is 7.62. The Morgan fingerprint density at radius 3 is 2.28 bits per heavy atom. The van der Waals surface area contributed by atoms with Gasteiger partial charge in [-0.1, -0.05) is 35.9 Å². The maximum Gasteiger partial charge on any atom is 0.251 e. The Hall–Kier alpha value is -1.80. The Labute approximate surface area is 170 Å². The quantitative estimate of drug-likeness (QED) is 0.356. The van der Waals surface area contributed by atoms with Gasteiger partial charge in [-0.3, -0.25) is 9.79 Å². The van der Waals surface area contributed by atoms with E-state index in [0.29, 0.717) is 24.6 Å². The van der Waals surface area contributed by atoms with E-state index in [9.17, 15) is 4.79 Å². The molecule has 2 rings (SSSR count). The number of benzene rings is 2. The molecule has 5 nitrogen and oxygen atoms in total. The van der Waals surface area contributed by atoms with Gasteiger partial charge in [-0.05, 0) is 35.4 Å². The number of hydrogen-bond donors (Lipinski definition) is 3. The Morgan fingerprint density at radius 2 is 1.68 bits per heavy atom. The van der Waals surface area contributed by atoms with Crippen LogP contribution in [-0.2, 0) is 13.1 Å².